The van der Waals surface area contributed by atoms with Crippen molar-refractivity contribution in [1.29, 1.82) is 0 Å². The Balaban J connectivity index is 0. The molecule has 0 fully saturated rings. The standard InChI is InChI=1S/C7H12O4S.Na/c1-3-5-6-7(4-2)11-12(8,9)10;/h2,7H,3,5-6H2,1H3,(H,8,9,10);/q;+1/p-1/t7-;/m1./s1. The summed E-state index contributed by atoms with van der Waals surface area (Å²) in [5.41, 5.74) is 0. The summed E-state index contributed by atoms with van der Waals surface area (Å²) in [6.07, 6.45) is 6.05. The van der Waals surface area contributed by atoms with Crippen LogP contribution in [-0.2, 0) is 14.6 Å². The van der Waals surface area contributed by atoms with Crippen molar-refractivity contribution in [2.75, 3.05) is 0 Å². The summed E-state index contributed by atoms with van der Waals surface area (Å²) in [7, 11) is -4.66. The van der Waals surface area contributed by atoms with Crippen LogP contribution >= 0.6 is 0 Å². The fourth-order valence-electron chi connectivity index (χ4n) is 0.691. The third-order valence-corrected chi connectivity index (χ3v) is 1.71. The van der Waals surface area contributed by atoms with Crippen molar-refractivity contribution in [3.05, 3.63) is 0 Å². The first-order valence-electron chi connectivity index (χ1n) is 3.60. The summed E-state index contributed by atoms with van der Waals surface area (Å²) in [4.78, 5) is 0. The van der Waals surface area contributed by atoms with E-state index >= 15 is 0 Å². The summed E-state index contributed by atoms with van der Waals surface area (Å²) in [6, 6.07) is 0. The first kappa shape index (κ1) is 15.9. The molecule has 0 saturated heterocycles. The first-order chi connectivity index (χ1) is 5.49. The fraction of sp³-hybridized carbons (Fsp3) is 0.714. The van der Waals surface area contributed by atoms with Crippen molar-refractivity contribution in [2.45, 2.75) is 32.3 Å². The third-order valence-electron chi connectivity index (χ3n) is 1.24. The molecule has 13 heavy (non-hydrogen) atoms. The zero-order valence-electron chi connectivity index (χ0n) is 7.82. The largest absolute Gasteiger partial charge is 1.00 e. The van der Waals surface area contributed by atoms with E-state index in [1.807, 2.05) is 6.92 Å². The van der Waals surface area contributed by atoms with Gasteiger partial charge < -0.3 is 4.55 Å². The Bertz CT molecular complexity index is 254. The molecular formula is C7H11NaO4S. The van der Waals surface area contributed by atoms with Gasteiger partial charge in [0.15, 0.2) is 0 Å². The Labute approximate surface area is 101 Å². The van der Waals surface area contributed by atoms with Crippen molar-refractivity contribution < 1.29 is 46.7 Å². The first-order valence-corrected chi connectivity index (χ1v) is 4.93. The van der Waals surface area contributed by atoms with Gasteiger partial charge in [0.05, 0.1) is 0 Å². The Morgan fingerprint density at radius 2 is 2.15 bits per heavy atom. The molecule has 4 nitrogen and oxygen atoms in total. The molecule has 0 amide bonds. The van der Waals surface area contributed by atoms with Gasteiger partial charge in [0.25, 0.3) is 0 Å². The van der Waals surface area contributed by atoms with Gasteiger partial charge in [-0.3, -0.25) is 4.18 Å². The van der Waals surface area contributed by atoms with Crippen LogP contribution in [0.2, 0.25) is 0 Å². The minimum absolute atomic E-state index is 0. The summed E-state index contributed by atoms with van der Waals surface area (Å²) in [5, 5.41) is 0. The van der Waals surface area contributed by atoms with Crippen molar-refractivity contribution in [1.82, 2.24) is 0 Å². The zero-order chi connectivity index (χ0) is 9.61. The predicted octanol–water partition coefficient (Wildman–Crippen LogP) is -2.34. The minimum Gasteiger partial charge on any atom is -0.725 e. The molecule has 0 N–H and O–H groups in total. The molecule has 0 rings (SSSR count). The number of rotatable bonds is 5. The molecule has 0 bridgehead atoms. The van der Waals surface area contributed by atoms with Crippen LogP contribution in [0.4, 0.5) is 0 Å². The van der Waals surface area contributed by atoms with Crippen LogP contribution in [0.5, 0.6) is 0 Å². The van der Waals surface area contributed by atoms with Gasteiger partial charge in [-0.05, 0) is 6.42 Å². The van der Waals surface area contributed by atoms with Crippen molar-refractivity contribution in [2.24, 2.45) is 0 Å². The number of terminal acetylenes is 1. The van der Waals surface area contributed by atoms with Crippen LogP contribution in [0.15, 0.2) is 0 Å². The van der Waals surface area contributed by atoms with Gasteiger partial charge in [0, 0.05) is 0 Å². The molecule has 1 atom stereocenters. The van der Waals surface area contributed by atoms with Gasteiger partial charge in [-0.1, -0.05) is 25.7 Å². The van der Waals surface area contributed by atoms with E-state index in [1.54, 1.807) is 0 Å². The Kier molecular flexibility index (Phi) is 9.53. The second-order valence-corrected chi connectivity index (χ2v) is 3.31. The van der Waals surface area contributed by atoms with E-state index in [1.165, 1.54) is 0 Å². The molecule has 6 heteroatoms. The molecule has 0 aliphatic heterocycles. The van der Waals surface area contributed by atoms with Crippen LogP contribution < -0.4 is 29.6 Å². The number of hydrogen-bond acceptors (Lipinski definition) is 4. The van der Waals surface area contributed by atoms with E-state index < -0.39 is 16.5 Å². The Morgan fingerprint density at radius 3 is 2.46 bits per heavy atom. The Morgan fingerprint density at radius 1 is 1.62 bits per heavy atom. The van der Waals surface area contributed by atoms with E-state index in [-0.39, 0.29) is 29.6 Å². The molecule has 0 unspecified atom stereocenters. The molecule has 0 aromatic rings. The van der Waals surface area contributed by atoms with E-state index in [4.69, 9.17) is 6.42 Å². The molecule has 0 aromatic carbocycles. The van der Waals surface area contributed by atoms with Crippen molar-refractivity contribution in [3.8, 4) is 12.3 Å². The Hall–Kier alpha value is 0.430. The number of hydrogen-bond donors (Lipinski definition) is 0. The quantitative estimate of drug-likeness (QED) is 0.223. The zero-order valence-corrected chi connectivity index (χ0v) is 10.6. The van der Waals surface area contributed by atoms with E-state index in [0.717, 1.165) is 12.8 Å². The SMILES string of the molecule is C#C[C@H](CCCC)OS(=O)(=O)[O-].[Na+]. The molecule has 0 aliphatic carbocycles. The van der Waals surface area contributed by atoms with Crippen LogP contribution in [0.3, 0.4) is 0 Å². The van der Waals surface area contributed by atoms with Crippen LogP contribution in [0.25, 0.3) is 0 Å². The maximum atomic E-state index is 10.1. The van der Waals surface area contributed by atoms with Crippen LogP contribution in [-0.4, -0.2) is 19.1 Å². The predicted molar refractivity (Wildman–Crippen MR) is 42.9 cm³/mol. The number of unbranched alkanes of at least 4 members (excludes halogenated alkanes) is 1. The van der Waals surface area contributed by atoms with Gasteiger partial charge in [0.1, 0.15) is 6.10 Å². The van der Waals surface area contributed by atoms with Gasteiger partial charge in [-0.25, -0.2) is 8.42 Å². The van der Waals surface area contributed by atoms with E-state index in [0.29, 0.717) is 6.42 Å². The molecule has 0 heterocycles. The molecule has 0 saturated carbocycles. The van der Waals surface area contributed by atoms with Gasteiger partial charge >= 0.3 is 29.6 Å². The molecule has 70 valence electrons. The monoisotopic (exact) mass is 214 g/mol. The smallest absolute Gasteiger partial charge is 0.725 e. The summed E-state index contributed by atoms with van der Waals surface area (Å²) in [6.45, 7) is 1.93. The summed E-state index contributed by atoms with van der Waals surface area (Å²) < 4.78 is 34.3. The summed E-state index contributed by atoms with van der Waals surface area (Å²) >= 11 is 0. The van der Waals surface area contributed by atoms with E-state index in [9.17, 15) is 13.0 Å². The van der Waals surface area contributed by atoms with E-state index in [2.05, 4.69) is 10.1 Å². The summed E-state index contributed by atoms with van der Waals surface area (Å²) in [5.74, 6) is 2.09. The molecule has 0 aliphatic rings. The van der Waals surface area contributed by atoms with Crippen molar-refractivity contribution >= 4 is 10.4 Å². The van der Waals surface area contributed by atoms with Gasteiger partial charge in [0.2, 0.25) is 10.4 Å². The molecule has 0 aromatic heterocycles. The van der Waals surface area contributed by atoms with Gasteiger partial charge in [-0.15, -0.1) is 6.42 Å². The molecule has 0 spiro atoms. The molecular weight excluding hydrogens is 203 g/mol. The maximum Gasteiger partial charge on any atom is 1.00 e. The second kappa shape index (κ2) is 7.80. The molecule has 0 radical (unpaired) electrons. The normalized spacial score (nSPS) is 12.7. The maximum absolute atomic E-state index is 10.1. The van der Waals surface area contributed by atoms with Crippen LogP contribution in [0.1, 0.15) is 26.2 Å². The van der Waals surface area contributed by atoms with Gasteiger partial charge in [-0.2, -0.15) is 0 Å². The minimum atomic E-state index is -4.66. The van der Waals surface area contributed by atoms with Crippen LogP contribution in [0, 0.1) is 12.3 Å². The average Bonchev–Trinajstić information content (AvgIpc) is 1.95. The van der Waals surface area contributed by atoms with Crippen molar-refractivity contribution in [3.63, 3.8) is 0 Å². The fourth-order valence-corrected chi connectivity index (χ4v) is 1.13. The average molecular weight is 214 g/mol. The second-order valence-electron chi connectivity index (χ2n) is 2.30. The third kappa shape index (κ3) is 10.4. The topological polar surface area (TPSA) is 66.4 Å².